The smallest absolute Gasteiger partial charge is 0.253 e. The number of carbonyl (C=O) groups excluding carboxylic acids is 1. The molecule has 1 aromatic carbocycles. The first kappa shape index (κ1) is 15.7. The Labute approximate surface area is 135 Å². The van der Waals surface area contributed by atoms with Crippen molar-refractivity contribution in [2.75, 3.05) is 33.3 Å². The second-order valence-corrected chi connectivity index (χ2v) is 5.95. The van der Waals surface area contributed by atoms with Crippen LogP contribution in [0.25, 0.3) is 11.3 Å². The van der Waals surface area contributed by atoms with Crippen LogP contribution in [0, 0.1) is 0 Å². The third-order valence-corrected chi connectivity index (χ3v) is 4.47. The summed E-state index contributed by atoms with van der Waals surface area (Å²) < 4.78 is 0. The number of hydrogen-bond donors (Lipinski definition) is 2. The van der Waals surface area contributed by atoms with Crippen molar-refractivity contribution in [3.63, 3.8) is 0 Å². The highest BCUT2D eigenvalue weighted by Gasteiger charge is 2.27. The molecule has 1 aliphatic rings. The van der Waals surface area contributed by atoms with Gasteiger partial charge in [0.15, 0.2) is 0 Å². The molecule has 1 aromatic heterocycles. The van der Waals surface area contributed by atoms with Gasteiger partial charge in [-0.05, 0) is 37.2 Å². The largest absolute Gasteiger partial charge is 0.396 e. The highest BCUT2D eigenvalue weighted by atomic mass is 16.3. The zero-order valence-corrected chi connectivity index (χ0v) is 13.3. The molecule has 0 aliphatic carbocycles. The lowest BCUT2D eigenvalue weighted by atomic mass is 10.1. The van der Waals surface area contributed by atoms with Crippen LogP contribution in [0.15, 0.2) is 36.5 Å². The van der Waals surface area contributed by atoms with Crippen molar-refractivity contribution < 1.29 is 9.90 Å². The van der Waals surface area contributed by atoms with Gasteiger partial charge in [0.1, 0.15) is 0 Å². The van der Waals surface area contributed by atoms with E-state index in [0.717, 1.165) is 24.3 Å². The highest BCUT2D eigenvalue weighted by Crippen LogP contribution is 2.19. The first-order chi connectivity index (χ1) is 11.2. The van der Waals surface area contributed by atoms with E-state index in [1.165, 1.54) is 0 Å². The van der Waals surface area contributed by atoms with E-state index >= 15 is 0 Å². The summed E-state index contributed by atoms with van der Waals surface area (Å²) >= 11 is 0. The van der Waals surface area contributed by atoms with Crippen LogP contribution in [-0.2, 0) is 0 Å². The lowest BCUT2D eigenvalue weighted by Gasteiger charge is -2.39. The molecule has 1 fully saturated rings. The van der Waals surface area contributed by atoms with Crippen molar-refractivity contribution in [2.45, 2.75) is 12.5 Å². The predicted molar refractivity (Wildman–Crippen MR) is 88.0 cm³/mol. The molecule has 1 atom stereocenters. The van der Waals surface area contributed by atoms with Crippen LogP contribution < -0.4 is 0 Å². The summed E-state index contributed by atoms with van der Waals surface area (Å²) in [6.07, 6.45) is 2.40. The fourth-order valence-electron chi connectivity index (χ4n) is 2.98. The Morgan fingerprint density at radius 1 is 1.30 bits per heavy atom. The third-order valence-electron chi connectivity index (χ3n) is 4.47. The normalized spacial score (nSPS) is 19.0. The Morgan fingerprint density at radius 3 is 2.74 bits per heavy atom. The van der Waals surface area contributed by atoms with Crippen LogP contribution in [0.3, 0.4) is 0 Å². The van der Waals surface area contributed by atoms with Crippen LogP contribution >= 0.6 is 0 Å². The first-order valence-corrected chi connectivity index (χ1v) is 7.89. The number of amides is 1. The molecule has 1 aliphatic heterocycles. The van der Waals surface area contributed by atoms with Gasteiger partial charge in [0, 0.05) is 44.0 Å². The molecule has 0 saturated carbocycles. The molecule has 0 spiro atoms. The molecule has 2 heterocycles. The van der Waals surface area contributed by atoms with Crippen molar-refractivity contribution in [1.29, 1.82) is 0 Å². The lowest BCUT2D eigenvalue weighted by molar-refractivity contribution is 0.0500. The van der Waals surface area contributed by atoms with Crippen LogP contribution in [0.4, 0.5) is 0 Å². The molecule has 0 unspecified atom stereocenters. The van der Waals surface area contributed by atoms with Gasteiger partial charge in [0.2, 0.25) is 0 Å². The van der Waals surface area contributed by atoms with Gasteiger partial charge >= 0.3 is 0 Å². The van der Waals surface area contributed by atoms with E-state index in [9.17, 15) is 4.79 Å². The van der Waals surface area contributed by atoms with Crippen LogP contribution in [-0.4, -0.2) is 70.3 Å². The average Bonchev–Trinajstić information content (AvgIpc) is 3.11. The Kier molecular flexibility index (Phi) is 4.73. The van der Waals surface area contributed by atoms with E-state index < -0.39 is 0 Å². The van der Waals surface area contributed by atoms with Gasteiger partial charge in [-0.1, -0.05) is 12.1 Å². The van der Waals surface area contributed by atoms with Crippen molar-refractivity contribution in [3.8, 4) is 11.3 Å². The second-order valence-electron chi connectivity index (χ2n) is 5.95. The number of aromatic amines is 1. The highest BCUT2D eigenvalue weighted by molar-refractivity contribution is 5.94. The Bertz CT molecular complexity index is 639. The number of H-pyrrole nitrogens is 1. The molecular weight excluding hydrogens is 292 g/mol. The number of piperazine rings is 1. The standard InChI is InChI=1S/C17H22N4O2/c1-20-9-10-21(12-15(20)7-11-22)17(23)14-4-2-13(3-5-14)16-6-8-18-19-16/h2-6,8,15,22H,7,9-12H2,1H3,(H,18,19)/t15-/m1/s1. The minimum atomic E-state index is 0.0530. The van der Waals surface area contributed by atoms with E-state index in [2.05, 4.69) is 15.1 Å². The van der Waals surface area contributed by atoms with Gasteiger partial charge < -0.3 is 10.0 Å². The van der Waals surface area contributed by atoms with E-state index in [1.807, 2.05) is 42.3 Å². The van der Waals surface area contributed by atoms with E-state index in [0.29, 0.717) is 18.5 Å². The maximum Gasteiger partial charge on any atom is 0.253 e. The van der Waals surface area contributed by atoms with Gasteiger partial charge in [-0.3, -0.25) is 14.8 Å². The summed E-state index contributed by atoms with van der Waals surface area (Å²) in [5, 5.41) is 16.0. The van der Waals surface area contributed by atoms with Gasteiger partial charge in [-0.15, -0.1) is 0 Å². The van der Waals surface area contributed by atoms with Crippen LogP contribution in [0.2, 0.25) is 0 Å². The van der Waals surface area contributed by atoms with Crippen molar-refractivity contribution in [2.24, 2.45) is 0 Å². The number of aromatic nitrogens is 2. The molecule has 122 valence electrons. The van der Waals surface area contributed by atoms with Crippen LogP contribution in [0.5, 0.6) is 0 Å². The van der Waals surface area contributed by atoms with Gasteiger partial charge in [0.25, 0.3) is 5.91 Å². The summed E-state index contributed by atoms with van der Waals surface area (Å²) in [5.74, 6) is 0.0530. The van der Waals surface area contributed by atoms with Gasteiger partial charge in [0.05, 0.1) is 5.69 Å². The maximum absolute atomic E-state index is 12.7. The quantitative estimate of drug-likeness (QED) is 0.890. The topological polar surface area (TPSA) is 72.5 Å². The van der Waals surface area contributed by atoms with Gasteiger partial charge in [-0.2, -0.15) is 5.10 Å². The van der Waals surface area contributed by atoms with Crippen molar-refractivity contribution in [1.82, 2.24) is 20.0 Å². The summed E-state index contributed by atoms with van der Waals surface area (Å²) in [6.45, 7) is 2.37. The Morgan fingerprint density at radius 2 is 2.09 bits per heavy atom. The fraction of sp³-hybridized carbons (Fsp3) is 0.412. The molecule has 3 rings (SSSR count). The molecule has 2 N–H and O–H groups in total. The molecular formula is C17H22N4O2. The summed E-state index contributed by atoms with van der Waals surface area (Å²) in [7, 11) is 2.04. The van der Waals surface area contributed by atoms with E-state index in [1.54, 1.807) is 6.20 Å². The van der Waals surface area contributed by atoms with Gasteiger partial charge in [-0.25, -0.2) is 0 Å². The van der Waals surface area contributed by atoms with Crippen molar-refractivity contribution >= 4 is 5.91 Å². The van der Waals surface area contributed by atoms with Crippen molar-refractivity contribution in [3.05, 3.63) is 42.1 Å². The number of carbonyl (C=O) groups is 1. The zero-order valence-electron chi connectivity index (χ0n) is 13.3. The number of hydrogen-bond acceptors (Lipinski definition) is 4. The number of aliphatic hydroxyl groups is 1. The minimum absolute atomic E-state index is 0.0530. The number of aliphatic hydroxyl groups excluding tert-OH is 1. The SMILES string of the molecule is CN1CCN(C(=O)c2ccc(-c3ccn[nH]3)cc2)C[C@H]1CCO. The summed E-state index contributed by atoms with van der Waals surface area (Å²) in [5.41, 5.74) is 2.64. The number of rotatable bonds is 4. The third kappa shape index (κ3) is 3.43. The van der Waals surface area contributed by atoms with E-state index in [4.69, 9.17) is 5.11 Å². The summed E-state index contributed by atoms with van der Waals surface area (Å²) in [4.78, 5) is 16.8. The maximum atomic E-state index is 12.7. The molecule has 0 bridgehead atoms. The molecule has 0 radical (unpaired) electrons. The number of likely N-dealkylation sites (N-methyl/N-ethyl adjacent to an activating group) is 1. The second kappa shape index (κ2) is 6.93. The number of nitrogens with zero attached hydrogens (tertiary/aromatic N) is 3. The van der Waals surface area contributed by atoms with E-state index in [-0.39, 0.29) is 18.6 Å². The average molecular weight is 314 g/mol. The molecule has 1 amide bonds. The fourth-order valence-corrected chi connectivity index (χ4v) is 2.98. The monoisotopic (exact) mass is 314 g/mol. The molecule has 23 heavy (non-hydrogen) atoms. The van der Waals surface area contributed by atoms with Crippen LogP contribution in [0.1, 0.15) is 16.8 Å². The summed E-state index contributed by atoms with van der Waals surface area (Å²) in [6, 6.07) is 9.71. The molecule has 6 heteroatoms. The Balaban J connectivity index is 1.70. The number of nitrogens with one attached hydrogen (secondary N) is 1. The zero-order chi connectivity index (χ0) is 16.2. The molecule has 6 nitrogen and oxygen atoms in total. The molecule has 1 saturated heterocycles. The lowest BCUT2D eigenvalue weighted by Crippen LogP contribution is -2.53. The molecule has 2 aromatic rings. The predicted octanol–water partition coefficient (Wildman–Crippen LogP) is 1.22. The Hall–Kier alpha value is -2.18. The number of benzene rings is 1. The first-order valence-electron chi connectivity index (χ1n) is 7.89. The minimum Gasteiger partial charge on any atom is -0.396 e.